The summed E-state index contributed by atoms with van der Waals surface area (Å²) in [5.74, 6) is 0. The number of pyridine rings is 1. The molecule has 0 amide bonds. The molecule has 0 saturated heterocycles. The molecular formula is C16H18N2O2S. The Labute approximate surface area is 125 Å². The molecule has 1 N–H and O–H groups in total. The minimum absolute atomic E-state index is 0.286. The molecule has 2 aromatic rings. The number of aromatic nitrogens is 1. The molecule has 0 saturated carbocycles. The third-order valence-corrected chi connectivity index (χ3v) is 5.46. The van der Waals surface area contributed by atoms with Crippen molar-refractivity contribution in [2.24, 2.45) is 0 Å². The summed E-state index contributed by atoms with van der Waals surface area (Å²) in [6.45, 7) is 1.83. The van der Waals surface area contributed by atoms with Crippen molar-refractivity contribution in [3.05, 3.63) is 59.4 Å². The molecule has 1 aromatic heterocycles. The van der Waals surface area contributed by atoms with Crippen LogP contribution in [0.2, 0.25) is 0 Å². The number of nitrogens with zero attached hydrogens (tertiary/aromatic N) is 1. The van der Waals surface area contributed by atoms with E-state index in [0.717, 1.165) is 30.4 Å². The van der Waals surface area contributed by atoms with Gasteiger partial charge in [-0.15, -0.1) is 0 Å². The fourth-order valence-corrected chi connectivity index (χ4v) is 4.02. The minimum atomic E-state index is -3.50. The molecule has 0 unspecified atom stereocenters. The van der Waals surface area contributed by atoms with Gasteiger partial charge >= 0.3 is 0 Å². The normalized spacial score (nSPS) is 15.7. The first-order valence-electron chi connectivity index (χ1n) is 7.10. The highest BCUT2D eigenvalue weighted by atomic mass is 32.2. The van der Waals surface area contributed by atoms with Crippen molar-refractivity contribution >= 4 is 10.0 Å². The molecule has 0 aliphatic heterocycles. The molecule has 1 aromatic carbocycles. The summed E-state index contributed by atoms with van der Waals surface area (Å²) in [6, 6.07) is 8.79. The molecule has 1 atom stereocenters. The van der Waals surface area contributed by atoms with Gasteiger partial charge in [0.1, 0.15) is 0 Å². The van der Waals surface area contributed by atoms with Crippen molar-refractivity contribution in [1.29, 1.82) is 0 Å². The molecule has 0 spiro atoms. The van der Waals surface area contributed by atoms with E-state index in [2.05, 4.69) is 9.71 Å². The zero-order valence-corrected chi connectivity index (χ0v) is 12.7. The highest BCUT2D eigenvalue weighted by molar-refractivity contribution is 7.89. The third-order valence-electron chi connectivity index (χ3n) is 3.92. The highest BCUT2D eigenvalue weighted by Gasteiger charge is 2.20. The zero-order valence-electron chi connectivity index (χ0n) is 11.9. The van der Waals surface area contributed by atoms with Crippen molar-refractivity contribution in [2.45, 2.75) is 37.1 Å². The summed E-state index contributed by atoms with van der Waals surface area (Å²) < 4.78 is 27.7. The second-order valence-electron chi connectivity index (χ2n) is 5.41. The minimum Gasteiger partial charge on any atom is -0.265 e. The van der Waals surface area contributed by atoms with Crippen LogP contribution in [0.3, 0.4) is 0 Å². The predicted molar refractivity (Wildman–Crippen MR) is 81.4 cm³/mol. The lowest BCUT2D eigenvalue weighted by Gasteiger charge is -2.15. The number of nitrogens with one attached hydrogen (secondary N) is 1. The van der Waals surface area contributed by atoms with E-state index < -0.39 is 10.0 Å². The van der Waals surface area contributed by atoms with E-state index >= 15 is 0 Å². The van der Waals surface area contributed by atoms with Gasteiger partial charge < -0.3 is 0 Å². The van der Waals surface area contributed by atoms with Gasteiger partial charge in [0.05, 0.1) is 4.90 Å². The molecule has 0 radical (unpaired) electrons. The topological polar surface area (TPSA) is 59.1 Å². The van der Waals surface area contributed by atoms with Gasteiger partial charge in [0.2, 0.25) is 10.0 Å². The lowest BCUT2D eigenvalue weighted by Crippen LogP contribution is -2.27. The van der Waals surface area contributed by atoms with E-state index in [9.17, 15) is 8.42 Å². The van der Waals surface area contributed by atoms with Crippen LogP contribution in [0.25, 0.3) is 0 Å². The second kappa shape index (κ2) is 5.58. The van der Waals surface area contributed by atoms with Gasteiger partial charge in [0, 0.05) is 18.4 Å². The monoisotopic (exact) mass is 302 g/mol. The molecule has 21 heavy (non-hydrogen) atoms. The standard InChI is InChI=1S/C16H18N2O2S/c1-12(13-7-9-17-10-8-13)18-21(19,20)16-6-5-14-3-2-4-15(14)11-16/h5-12,18H,2-4H2,1H3/t12-/m1/s1. The zero-order chi connectivity index (χ0) is 14.9. The smallest absolute Gasteiger partial charge is 0.241 e. The number of fused-ring (bicyclic) bond motifs is 1. The van der Waals surface area contributed by atoms with Crippen LogP contribution >= 0.6 is 0 Å². The average Bonchev–Trinajstić information content (AvgIpc) is 2.95. The number of rotatable bonds is 4. The first-order valence-corrected chi connectivity index (χ1v) is 8.59. The van der Waals surface area contributed by atoms with Crippen molar-refractivity contribution in [3.8, 4) is 0 Å². The fraction of sp³-hybridized carbons (Fsp3) is 0.312. The summed E-state index contributed by atoms with van der Waals surface area (Å²) >= 11 is 0. The van der Waals surface area contributed by atoms with Crippen LogP contribution in [-0.2, 0) is 22.9 Å². The maximum atomic E-state index is 12.5. The Morgan fingerprint density at radius 1 is 1.10 bits per heavy atom. The molecule has 1 heterocycles. The van der Waals surface area contributed by atoms with Gasteiger partial charge in [-0.1, -0.05) is 6.07 Å². The maximum Gasteiger partial charge on any atom is 0.241 e. The van der Waals surface area contributed by atoms with Crippen LogP contribution in [0.5, 0.6) is 0 Å². The fourth-order valence-electron chi connectivity index (χ4n) is 2.74. The number of hydrogen-bond acceptors (Lipinski definition) is 3. The summed E-state index contributed by atoms with van der Waals surface area (Å²) in [5.41, 5.74) is 3.33. The van der Waals surface area contributed by atoms with E-state index in [4.69, 9.17) is 0 Å². The largest absolute Gasteiger partial charge is 0.265 e. The molecule has 5 heteroatoms. The average molecular weight is 302 g/mol. The van der Waals surface area contributed by atoms with Gasteiger partial charge in [-0.25, -0.2) is 13.1 Å². The van der Waals surface area contributed by atoms with Crippen molar-refractivity contribution in [1.82, 2.24) is 9.71 Å². The van der Waals surface area contributed by atoms with E-state index in [1.807, 2.05) is 31.2 Å². The highest BCUT2D eigenvalue weighted by Crippen LogP contribution is 2.25. The first kappa shape index (κ1) is 14.2. The molecule has 0 bridgehead atoms. The van der Waals surface area contributed by atoms with Crippen molar-refractivity contribution in [3.63, 3.8) is 0 Å². The Balaban J connectivity index is 1.84. The summed E-state index contributed by atoms with van der Waals surface area (Å²) in [6.07, 6.45) is 6.46. The van der Waals surface area contributed by atoms with E-state index in [1.54, 1.807) is 18.5 Å². The predicted octanol–water partition coefficient (Wildman–Crippen LogP) is 2.61. The Hall–Kier alpha value is -1.72. The third kappa shape index (κ3) is 2.99. The van der Waals surface area contributed by atoms with Gasteiger partial charge in [0.15, 0.2) is 0 Å². The van der Waals surface area contributed by atoms with Crippen LogP contribution < -0.4 is 4.72 Å². The Kier molecular flexibility index (Phi) is 3.78. The van der Waals surface area contributed by atoms with Gasteiger partial charge in [-0.2, -0.15) is 0 Å². The Morgan fingerprint density at radius 3 is 2.57 bits per heavy atom. The number of sulfonamides is 1. The van der Waals surface area contributed by atoms with Crippen molar-refractivity contribution < 1.29 is 8.42 Å². The van der Waals surface area contributed by atoms with Gasteiger partial charge in [0.25, 0.3) is 0 Å². The second-order valence-corrected chi connectivity index (χ2v) is 7.12. The van der Waals surface area contributed by atoms with Gasteiger partial charge in [-0.05, 0) is 67.1 Å². The number of hydrogen-bond donors (Lipinski definition) is 1. The lowest BCUT2D eigenvalue weighted by molar-refractivity contribution is 0.566. The lowest BCUT2D eigenvalue weighted by atomic mass is 10.1. The number of benzene rings is 1. The van der Waals surface area contributed by atoms with Crippen LogP contribution in [0, 0.1) is 0 Å². The SMILES string of the molecule is C[C@@H](NS(=O)(=O)c1ccc2c(c1)CCC2)c1ccncc1. The molecule has 110 valence electrons. The van der Waals surface area contributed by atoms with Crippen molar-refractivity contribution in [2.75, 3.05) is 0 Å². The van der Waals surface area contributed by atoms with E-state index in [1.165, 1.54) is 5.56 Å². The molecule has 1 aliphatic carbocycles. The summed E-state index contributed by atoms with van der Waals surface area (Å²) in [7, 11) is -3.50. The Bertz CT molecular complexity index is 742. The summed E-state index contributed by atoms with van der Waals surface area (Å²) in [5, 5.41) is 0. The van der Waals surface area contributed by atoms with Crippen LogP contribution in [0.1, 0.15) is 36.1 Å². The first-order chi connectivity index (χ1) is 10.1. The number of aryl methyl sites for hydroxylation is 2. The van der Waals surface area contributed by atoms with E-state index in [0.29, 0.717) is 4.90 Å². The maximum absolute atomic E-state index is 12.5. The van der Waals surface area contributed by atoms with Crippen LogP contribution in [-0.4, -0.2) is 13.4 Å². The molecule has 1 aliphatic rings. The Morgan fingerprint density at radius 2 is 1.81 bits per heavy atom. The van der Waals surface area contributed by atoms with Crippen LogP contribution in [0.4, 0.5) is 0 Å². The van der Waals surface area contributed by atoms with E-state index in [-0.39, 0.29) is 6.04 Å². The van der Waals surface area contributed by atoms with Crippen LogP contribution in [0.15, 0.2) is 47.6 Å². The quantitative estimate of drug-likeness (QED) is 0.944. The molecule has 4 nitrogen and oxygen atoms in total. The molecule has 3 rings (SSSR count). The molecule has 0 fully saturated rings. The summed E-state index contributed by atoms with van der Waals surface area (Å²) in [4.78, 5) is 4.30. The van der Waals surface area contributed by atoms with Gasteiger partial charge in [-0.3, -0.25) is 4.98 Å². The molecular weight excluding hydrogens is 284 g/mol.